The summed E-state index contributed by atoms with van der Waals surface area (Å²) in [5.41, 5.74) is 1.05. The number of methoxy groups -OCH3 is 3. The van der Waals surface area contributed by atoms with Crippen molar-refractivity contribution in [1.29, 1.82) is 0 Å². The Labute approximate surface area is 267 Å². The molecule has 0 saturated carbocycles. The average molecular weight is 654 g/mol. The Bertz CT molecular complexity index is 1740. The molecule has 1 aliphatic rings. The summed E-state index contributed by atoms with van der Waals surface area (Å²) in [5.74, 6) is -0.985. The number of phenolic OH excluding ortho intramolecular Hbond substituents is 3. The van der Waals surface area contributed by atoms with E-state index in [9.17, 15) is 35.4 Å². The molecule has 1 aromatic heterocycles. The van der Waals surface area contributed by atoms with Gasteiger partial charge in [0.05, 0.1) is 33.0 Å². The fourth-order valence-corrected chi connectivity index (χ4v) is 4.84. The van der Waals surface area contributed by atoms with Crippen LogP contribution < -0.4 is 18.9 Å². The highest BCUT2D eigenvalue weighted by molar-refractivity contribution is 5.89. The Morgan fingerprint density at radius 2 is 1.53 bits per heavy atom. The van der Waals surface area contributed by atoms with Crippen LogP contribution in [0.1, 0.15) is 5.56 Å². The maximum absolute atomic E-state index is 12.4. The fraction of sp³-hybridized carbons (Fsp3) is 0.273. The van der Waals surface area contributed by atoms with Crippen LogP contribution in [0, 0.1) is 0 Å². The number of carbonyl (C=O) groups is 1. The first-order valence-corrected chi connectivity index (χ1v) is 14.2. The molecule has 0 amide bonds. The molecule has 1 fully saturated rings. The van der Waals surface area contributed by atoms with Gasteiger partial charge in [-0.1, -0.05) is 12.1 Å². The average Bonchev–Trinajstić information content (AvgIpc) is 3.07. The Hall–Kier alpha value is -5.28. The highest BCUT2D eigenvalue weighted by Gasteiger charge is 2.46. The van der Waals surface area contributed by atoms with Gasteiger partial charge in [-0.3, -0.25) is 0 Å². The van der Waals surface area contributed by atoms with Crippen LogP contribution in [0.2, 0.25) is 0 Å². The highest BCUT2D eigenvalue weighted by atomic mass is 16.7. The molecular formula is C33H33O14+. The van der Waals surface area contributed by atoms with Gasteiger partial charge in [0.25, 0.3) is 0 Å². The smallest absolute Gasteiger partial charge is 0.402 e. The number of fused-ring (bicyclic) bond motifs is 1. The summed E-state index contributed by atoms with van der Waals surface area (Å²) in [4.78, 5) is 12.4. The Kier molecular flexibility index (Phi) is 9.86. The van der Waals surface area contributed by atoms with E-state index >= 15 is 0 Å². The van der Waals surface area contributed by atoms with Crippen molar-refractivity contribution in [2.45, 2.75) is 30.7 Å². The van der Waals surface area contributed by atoms with Gasteiger partial charge in [0.2, 0.25) is 17.8 Å². The zero-order chi connectivity index (χ0) is 33.8. The van der Waals surface area contributed by atoms with E-state index in [0.717, 1.165) is 6.08 Å². The van der Waals surface area contributed by atoms with Gasteiger partial charge in [0.1, 0.15) is 53.7 Å². The van der Waals surface area contributed by atoms with Gasteiger partial charge in [-0.2, -0.15) is 0 Å². The van der Waals surface area contributed by atoms with Gasteiger partial charge in [-0.25, -0.2) is 9.21 Å². The molecule has 0 bridgehead atoms. The lowest BCUT2D eigenvalue weighted by atomic mass is 9.99. The maximum Gasteiger partial charge on any atom is 0.402 e. The highest BCUT2D eigenvalue weighted by Crippen LogP contribution is 2.45. The van der Waals surface area contributed by atoms with Crippen molar-refractivity contribution in [1.82, 2.24) is 0 Å². The van der Waals surface area contributed by atoms with Crippen LogP contribution in [0.3, 0.4) is 0 Å². The number of aliphatic hydroxyl groups is 3. The van der Waals surface area contributed by atoms with Crippen molar-refractivity contribution in [3.63, 3.8) is 0 Å². The zero-order valence-electron chi connectivity index (χ0n) is 25.4. The summed E-state index contributed by atoms with van der Waals surface area (Å²) in [5, 5.41) is 62.8. The number of aliphatic hydroxyl groups excluding tert-OH is 3. The van der Waals surface area contributed by atoms with Crippen molar-refractivity contribution in [2.24, 2.45) is 0 Å². The molecule has 1 saturated heterocycles. The summed E-state index contributed by atoms with van der Waals surface area (Å²) in [7, 11) is 4.09. The van der Waals surface area contributed by atoms with Crippen molar-refractivity contribution < 1.29 is 68.3 Å². The molecule has 1 aliphatic heterocycles. The minimum Gasteiger partial charge on any atom is -0.508 e. The fourth-order valence-electron chi connectivity index (χ4n) is 4.84. The van der Waals surface area contributed by atoms with Crippen molar-refractivity contribution in [3.8, 4) is 51.6 Å². The minimum atomic E-state index is -1.79. The number of benzene rings is 3. The number of hydrogen-bond acceptors (Lipinski definition) is 13. The number of hydrogen-bond donors (Lipinski definition) is 6. The summed E-state index contributed by atoms with van der Waals surface area (Å²) < 4.78 is 38.9. The molecule has 4 aromatic rings. The van der Waals surface area contributed by atoms with Gasteiger partial charge < -0.3 is 59.1 Å². The van der Waals surface area contributed by atoms with Crippen LogP contribution in [0.15, 0.2) is 65.1 Å². The topological polar surface area (TPSA) is 205 Å². The lowest BCUT2D eigenvalue weighted by Crippen LogP contribution is -2.60. The predicted molar refractivity (Wildman–Crippen MR) is 164 cm³/mol. The zero-order valence-corrected chi connectivity index (χ0v) is 25.4. The molecule has 5 atom stereocenters. The van der Waals surface area contributed by atoms with Crippen molar-refractivity contribution >= 4 is 23.0 Å². The molecule has 14 heteroatoms. The Morgan fingerprint density at radius 1 is 0.851 bits per heavy atom. The summed E-state index contributed by atoms with van der Waals surface area (Å²) in [6, 6.07) is 13.2. The molecule has 0 aliphatic carbocycles. The van der Waals surface area contributed by atoms with Gasteiger partial charge >= 0.3 is 17.3 Å². The van der Waals surface area contributed by atoms with E-state index in [2.05, 4.69) is 0 Å². The molecule has 248 valence electrons. The third-order valence-corrected chi connectivity index (χ3v) is 7.39. The number of carbonyl (C=O) groups excluding carboxylic acids is 1. The van der Waals surface area contributed by atoms with E-state index in [0.29, 0.717) is 5.56 Å². The van der Waals surface area contributed by atoms with Crippen molar-refractivity contribution in [2.75, 3.05) is 27.9 Å². The van der Waals surface area contributed by atoms with E-state index in [4.69, 9.17) is 32.8 Å². The molecule has 5 rings (SSSR count). The lowest BCUT2D eigenvalue weighted by Gasteiger charge is -2.39. The van der Waals surface area contributed by atoms with Gasteiger partial charge in [-0.15, -0.1) is 0 Å². The number of esters is 1. The van der Waals surface area contributed by atoms with Crippen LogP contribution in [0.5, 0.6) is 40.2 Å². The first-order valence-electron chi connectivity index (χ1n) is 14.2. The van der Waals surface area contributed by atoms with Crippen LogP contribution in [-0.4, -0.2) is 95.3 Å². The molecule has 2 unspecified atom stereocenters. The first-order chi connectivity index (χ1) is 22.5. The maximum atomic E-state index is 12.4. The molecule has 14 nitrogen and oxygen atoms in total. The number of rotatable bonds is 10. The molecule has 6 N–H and O–H groups in total. The number of ether oxygens (including phenoxy) is 6. The largest absolute Gasteiger partial charge is 0.508 e. The first kappa shape index (κ1) is 33.1. The summed E-state index contributed by atoms with van der Waals surface area (Å²) in [6.07, 6.45) is -5.63. The third kappa shape index (κ3) is 7.10. The number of phenols is 3. The monoisotopic (exact) mass is 653 g/mol. The normalized spacial score (nSPS) is 21.0. The molecule has 2 heterocycles. The molecule has 3 aromatic carbocycles. The van der Waals surface area contributed by atoms with E-state index < -0.39 is 43.3 Å². The second-order valence-electron chi connectivity index (χ2n) is 10.4. The SMILES string of the molecule is COc1cc(O)c2cc(O[C@@H]3OC(COC(=O)/C=C/c4ccc(O)cc4)[C@@H](O)[C@H](O)C3O)c(-c3cc(OC)c(O)c(OC)c3)[o+]c2c1. The Balaban J connectivity index is 1.45. The second-order valence-corrected chi connectivity index (χ2v) is 10.4. The van der Waals surface area contributed by atoms with Crippen LogP contribution >= 0.6 is 0 Å². The van der Waals surface area contributed by atoms with Crippen LogP contribution in [0.4, 0.5) is 0 Å². The standard InChI is InChI=1S/C33H32O14/c1-41-19-12-21(35)20-14-25(32(45-22(20)13-19)17-10-23(42-2)28(37)24(11-17)43-3)46-33-31(40)30(39)29(38)26(47-33)15-44-27(36)9-6-16-4-7-18(34)8-5-16/h4-14,26,29-31,33,38-40H,15H2,1-3H3,(H2-,34,35,36,37)/p+1/t26?,29-,30+,31?,33-/m1/s1. The molecule has 0 spiro atoms. The molecule has 47 heavy (non-hydrogen) atoms. The summed E-state index contributed by atoms with van der Waals surface area (Å²) >= 11 is 0. The van der Waals surface area contributed by atoms with Gasteiger partial charge in [-0.05, 0) is 23.8 Å². The van der Waals surface area contributed by atoms with E-state index in [1.54, 1.807) is 12.1 Å². The second kappa shape index (κ2) is 14.0. The van der Waals surface area contributed by atoms with E-state index in [1.807, 2.05) is 0 Å². The third-order valence-electron chi connectivity index (χ3n) is 7.39. The number of aromatic hydroxyl groups is 3. The molecule has 0 radical (unpaired) electrons. The predicted octanol–water partition coefficient (Wildman–Crippen LogP) is 2.97. The summed E-state index contributed by atoms with van der Waals surface area (Å²) in [6.45, 7) is -0.522. The molecular weight excluding hydrogens is 620 g/mol. The Morgan fingerprint density at radius 3 is 2.17 bits per heavy atom. The van der Waals surface area contributed by atoms with E-state index in [-0.39, 0.29) is 62.5 Å². The van der Waals surface area contributed by atoms with Gasteiger partial charge in [0.15, 0.2) is 11.5 Å². The van der Waals surface area contributed by atoms with Crippen LogP contribution in [-0.2, 0) is 14.3 Å². The van der Waals surface area contributed by atoms with Crippen LogP contribution in [0.25, 0.3) is 28.4 Å². The van der Waals surface area contributed by atoms with E-state index in [1.165, 1.54) is 69.9 Å². The van der Waals surface area contributed by atoms with Crippen molar-refractivity contribution in [3.05, 3.63) is 66.2 Å². The lowest BCUT2D eigenvalue weighted by molar-refractivity contribution is -0.278. The quantitative estimate of drug-likeness (QED) is 0.0827. The minimum absolute atomic E-state index is 0.000473. The van der Waals surface area contributed by atoms with Gasteiger partial charge in [0, 0.05) is 30.3 Å².